The smallest absolute Gasteiger partial charge is 0.263 e. The van der Waals surface area contributed by atoms with Crippen LogP contribution in [-0.2, 0) is 4.74 Å². The molecule has 33 heavy (non-hydrogen) atoms. The highest BCUT2D eigenvalue weighted by Gasteiger charge is 2.23. The molecule has 0 aliphatic heterocycles. The SMILES string of the molecule is C=C(/C(C)=C/C(=N)c1cn([C@@H](C)C(C)CI)c(=O)c(C(=N)N)c1N)[C@H](CCCC)COCI. The molecular formula is C24H37I2N5O2. The molecule has 1 heterocycles. The van der Waals surface area contributed by atoms with Gasteiger partial charge in [-0.2, -0.15) is 0 Å². The van der Waals surface area contributed by atoms with Gasteiger partial charge in [-0.15, -0.1) is 0 Å². The van der Waals surface area contributed by atoms with Gasteiger partial charge in [-0.3, -0.25) is 10.2 Å². The highest BCUT2D eigenvalue weighted by Crippen LogP contribution is 2.26. The van der Waals surface area contributed by atoms with Crippen LogP contribution in [0.2, 0.25) is 0 Å². The van der Waals surface area contributed by atoms with Crippen LogP contribution in [0, 0.1) is 22.7 Å². The normalized spacial score (nSPS) is 14.5. The summed E-state index contributed by atoms with van der Waals surface area (Å²) < 4.78 is 8.68. The second-order valence-corrected chi connectivity index (χ2v) is 9.92. The van der Waals surface area contributed by atoms with Crippen LogP contribution in [0.5, 0.6) is 0 Å². The third-order valence-corrected chi connectivity index (χ3v) is 7.83. The van der Waals surface area contributed by atoms with Crippen molar-refractivity contribution >= 4 is 62.4 Å². The summed E-state index contributed by atoms with van der Waals surface area (Å²) in [6, 6.07) is -0.136. The predicted octanol–water partition coefficient (Wildman–Crippen LogP) is 5.43. The Labute approximate surface area is 224 Å². The van der Waals surface area contributed by atoms with Crippen molar-refractivity contribution in [2.45, 2.75) is 53.0 Å². The van der Waals surface area contributed by atoms with Crippen molar-refractivity contribution in [3.63, 3.8) is 0 Å². The number of nitrogens with zero attached hydrogens (tertiary/aromatic N) is 1. The quantitative estimate of drug-likeness (QED) is 0.0686. The Kier molecular flexibility index (Phi) is 12.9. The zero-order valence-corrected chi connectivity index (χ0v) is 24.3. The largest absolute Gasteiger partial charge is 0.397 e. The second-order valence-electron chi connectivity index (χ2n) is 8.42. The van der Waals surface area contributed by atoms with Crippen LogP contribution < -0.4 is 17.0 Å². The maximum atomic E-state index is 13.0. The number of hydrogen-bond donors (Lipinski definition) is 4. The van der Waals surface area contributed by atoms with E-state index in [2.05, 4.69) is 65.6 Å². The van der Waals surface area contributed by atoms with E-state index < -0.39 is 11.4 Å². The van der Waals surface area contributed by atoms with Crippen LogP contribution >= 0.6 is 45.2 Å². The summed E-state index contributed by atoms with van der Waals surface area (Å²) in [7, 11) is 0. The number of nitrogen functional groups attached to an aromatic ring is 2. The fourth-order valence-electron chi connectivity index (χ4n) is 3.53. The number of nitrogens with two attached hydrogens (primary N) is 2. The van der Waals surface area contributed by atoms with E-state index >= 15 is 0 Å². The Bertz CT molecular complexity index is 947. The number of hydrogen-bond acceptors (Lipinski definition) is 5. The van der Waals surface area contributed by atoms with Crippen molar-refractivity contribution in [2.24, 2.45) is 17.6 Å². The van der Waals surface area contributed by atoms with Crippen LogP contribution in [-0.4, -0.2) is 31.8 Å². The number of anilines is 1. The Morgan fingerprint density at radius 3 is 2.48 bits per heavy atom. The lowest BCUT2D eigenvalue weighted by Crippen LogP contribution is -2.35. The van der Waals surface area contributed by atoms with Gasteiger partial charge in [0.25, 0.3) is 5.56 Å². The van der Waals surface area contributed by atoms with E-state index in [1.807, 2.05) is 13.8 Å². The highest BCUT2D eigenvalue weighted by molar-refractivity contribution is 14.1. The molecule has 3 atom stereocenters. The van der Waals surface area contributed by atoms with E-state index in [9.17, 15) is 4.79 Å². The van der Waals surface area contributed by atoms with Crippen LogP contribution in [0.25, 0.3) is 0 Å². The molecular weight excluding hydrogens is 644 g/mol. The Hall–Kier alpha value is -1.21. The average Bonchev–Trinajstić information content (AvgIpc) is 2.77. The Morgan fingerprint density at radius 2 is 1.97 bits per heavy atom. The van der Waals surface area contributed by atoms with Crippen LogP contribution in [0.15, 0.2) is 34.8 Å². The number of nitrogens with one attached hydrogen (secondary N) is 2. The number of rotatable bonds is 14. The van der Waals surface area contributed by atoms with Gasteiger partial charge < -0.3 is 26.2 Å². The van der Waals surface area contributed by atoms with Gasteiger partial charge in [-0.05, 0) is 43.4 Å². The maximum Gasteiger partial charge on any atom is 0.263 e. The standard InChI is InChI=1S/C24H37I2N5O2/c1-6-7-8-18(12-33-13-26)16(4)14(2)9-20(27)19-11-31(17(5)15(3)10-25)24(32)21(22(19)28)23(29)30/h9,11,15,17-18,27H,4,6-8,10,12-13,28H2,1-3,5H3,(H3,29,30)/b14-9+,27-20?/t15?,17-,18+/m0/s1. The van der Waals surface area contributed by atoms with Crippen LogP contribution in [0.1, 0.15) is 64.1 Å². The van der Waals surface area contributed by atoms with Crippen molar-refractivity contribution in [3.05, 3.63) is 51.5 Å². The number of unbranched alkanes of at least 4 members (excludes halogenated alkanes) is 1. The van der Waals surface area contributed by atoms with E-state index in [0.29, 0.717) is 16.8 Å². The summed E-state index contributed by atoms with van der Waals surface area (Å²) in [6.07, 6.45) is 6.48. The van der Waals surface area contributed by atoms with Crippen LogP contribution in [0.3, 0.4) is 0 Å². The average molecular weight is 681 g/mol. The fourth-order valence-corrected chi connectivity index (χ4v) is 4.52. The number of ether oxygens (including phenoxy) is 1. The first-order chi connectivity index (χ1) is 15.5. The predicted molar refractivity (Wildman–Crippen MR) is 156 cm³/mol. The zero-order chi connectivity index (χ0) is 25.3. The molecule has 0 spiro atoms. The molecule has 0 bridgehead atoms. The molecule has 0 aliphatic carbocycles. The molecule has 0 fully saturated rings. The minimum atomic E-state index is -0.401. The minimum Gasteiger partial charge on any atom is -0.397 e. The van der Waals surface area contributed by atoms with Gasteiger partial charge in [0.15, 0.2) is 0 Å². The maximum absolute atomic E-state index is 13.0. The molecule has 1 unspecified atom stereocenters. The summed E-state index contributed by atoms with van der Waals surface area (Å²) in [4.78, 5) is 13.0. The van der Waals surface area contributed by atoms with Gasteiger partial charge in [-0.25, -0.2) is 0 Å². The van der Waals surface area contributed by atoms with Crippen molar-refractivity contribution in [2.75, 3.05) is 21.4 Å². The lowest BCUT2D eigenvalue weighted by Gasteiger charge is -2.24. The molecule has 0 saturated heterocycles. The lowest BCUT2D eigenvalue weighted by atomic mass is 9.89. The minimum absolute atomic E-state index is 0.0501. The third kappa shape index (κ3) is 7.91. The van der Waals surface area contributed by atoms with Gasteiger partial charge in [0.1, 0.15) is 11.4 Å². The second kappa shape index (κ2) is 14.2. The molecule has 0 saturated carbocycles. The number of alkyl halides is 2. The van der Waals surface area contributed by atoms with Gasteiger partial charge in [0.05, 0.1) is 22.6 Å². The van der Waals surface area contributed by atoms with E-state index in [0.717, 1.165) is 34.8 Å². The molecule has 1 aromatic rings. The number of aromatic nitrogens is 1. The summed E-state index contributed by atoms with van der Waals surface area (Å²) in [5, 5.41) is 16.7. The molecule has 184 valence electrons. The molecule has 0 amide bonds. The monoisotopic (exact) mass is 681 g/mol. The Morgan fingerprint density at radius 1 is 1.33 bits per heavy atom. The molecule has 0 aliphatic rings. The number of pyridine rings is 1. The van der Waals surface area contributed by atoms with E-state index in [1.54, 1.807) is 16.8 Å². The van der Waals surface area contributed by atoms with Gasteiger partial charge in [-0.1, -0.05) is 78.4 Å². The number of halogens is 2. The van der Waals surface area contributed by atoms with E-state index in [4.69, 9.17) is 27.0 Å². The summed E-state index contributed by atoms with van der Waals surface area (Å²) >= 11 is 4.47. The molecule has 0 aromatic carbocycles. The fraction of sp³-hybridized carbons (Fsp3) is 0.542. The molecule has 1 rings (SSSR count). The number of allylic oxidation sites excluding steroid dienone is 2. The molecule has 0 radical (unpaired) electrons. The number of amidine groups is 1. The summed E-state index contributed by atoms with van der Waals surface area (Å²) in [6.45, 7) is 13.0. The highest BCUT2D eigenvalue weighted by atomic mass is 127. The van der Waals surface area contributed by atoms with E-state index in [1.165, 1.54) is 0 Å². The topological polar surface area (TPSA) is 131 Å². The van der Waals surface area contributed by atoms with Crippen molar-refractivity contribution in [1.82, 2.24) is 4.57 Å². The first kappa shape index (κ1) is 29.8. The van der Waals surface area contributed by atoms with Gasteiger partial charge in [0, 0.05) is 28.1 Å². The summed E-state index contributed by atoms with van der Waals surface area (Å²) in [5.41, 5.74) is 13.9. The summed E-state index contributed by atoms with van der Waals surface area (Å²) in [5.74, 6) is -0.00802. The van der Waals surface area contributed by atoms with E-state index in [-0.39, 0.29) is 34.8 Å². The first-order valence-electron chi connectivity index (χ1n) is 11.1. The third-order valence-electron chi connectivity index (χ3n) is 6.00. The first-order valence-corrected chi connectivity index (χ1v) is 14.1. The lowest BCUT2D eigenvalue weighted by molar-refractivity contribution is 0.155. The van der Waals surface area contributed by atoms with Gasteiger partial charge in [0.2, 0.25) is 0 Å². The van der Waals surface area contributed by atoms with Crippen LogP contribution in [0.4, 0.5) is 5.69 Å². The Balaban J connectivity index is 3.46. The zero-order valence-electron chi connectivity index (χ0n) is 20.0. The molecule has 7 nitrogen and oxygen atoms in total. The van der Waals surface area contributed by atoms with Crippen molar-refractivity contribution < 1.29 is 4.74 Å². The van der Waals surface area contributed by atoms with Crippen molar-refractivity contribution in [3.8, 4) is 0 Å². The van der Waals surface area contributed by atoms with Crippen molar-refractivity contribution in [1.29, 1.82) is 10.8 Å². The molecule has 9 heteroatoms. The van der Waals surface area contributed by atoms with Gasteiger partial charge >= 0.3 is 0 Å². The molecule has 6 N–H and O–H groups in total. The molecule has 1 aromatic heterocycles.